The average molecular weight is 527 g/mol. The van der Waals surface area contributed by atoms with Crippen molar-refractivity contribution in [2.24, 2.45) is 7.05 Å². The van der Waals surface area contributed by atoms with Gasteiger partial charge in [-0.15, -0.1) is 0 Å². The van der Waals surface area contributed by atoms with Gasteiger partial charge in [-0.05, 0) is 36.8 Å². The van der Waals surface area contributed by atoms with Gasteiger partial charge in [0, 0.05) is 54.9 Å². The van der Waals surface area contributed by atoms with Crippen LogP contribution in [0, 0.1) is 12.7 Å². The number of nitrogens with one attached hydrogen (secondary N) is 1. The highest BCUT2D eigenvalue weighted by atomic mass is 19.1. The quantitative estimate of drug-likeness (QED) is 0.303. The Labute approximate surface area is 224 Å². The summed E-state index contributed by atoms with van der Waals surface area (Å²) in [6.45, 7) is 3.58. The first kappa shape index (κ1) is 24.7. The number of piperazine rings is 1. The maximum absolute atomic E-state index is 13.3. The Hall–Kier alpha value is -4.57. The molecule has 1 amide bonds. The molecule has 4 aromatic rings. The number of aryl methyl sites for hydroxylation is 1. The fourth-order valence-electron chi connectivity index (χ4n) is 5.51. The first-order chi connectivity index (χ1) is 18.8. The van der Waals surface area contributed by atoms with Crippen LogP contribution in [0.25, 0.3) is 11.1 Å². The summed E-state index contributed by atoms with van der Waals surface area (Å²) in [6.07, 6.45) is 1.44. The monoisotopic (exact) mass is 526 g/mol. The van der Waals surface area contributed by atoms with E-state index in [1.165, 1.54) is 0 Å². The Kier molecular flexibility index (Phi) is 6.11. The third-order valence-corrected chi connectivity index (χ3v) is 7.56. The fourth-order valence-corrected chi connectivity index (χ4v) is 5.51. The molecule has 0 bridgehead atoms. The van der Waals surface area contributed by atoms with E-state index in [0.717, 1.165) is 29.3 Å². The summed E-state index contributed by atoms with van der Waals surface area (Å²) < 4.78 is 15.0. The molecule has 0 radical (unpaired) electrons. The molecule has 2 N–H and O–H groups in total. The highest BCUT2D eigenvalue weighted by molar-refractivity contribution is 6.47. The van der Waals surface area contributed by atoms with E-state index in [9.17, 15) is 19.1 Å². The van der Waals surface area contributed by atoms with Crippen LogP contribution in [-0.2, 0) is 11.8 Å². The van der Waals surface area contributed by atoms with Crippen LogP contribution in [0.3, 0.4) is 0 Å². The van der Waals surface area contributed by atoms with Crippen molar-refractivity contribution >= 4 is 29.0 Å². The number of benzene rings is 2. The van der Waals surface area contributed by atoms with Crippen molar-refractivity contribution in [1.29, 1.82) is 0 Å². The number of carbonyl (C=O) groups excluding carboxylic acids is 2. The number of fused-ring (bicyclic) bond motifs is 3. The maximum atomic E-state index is 13.3. The molecule has 2 atom stereocenters. The Morgan fingerprint density at radius 3 is 2.54 bits per heavy atom. The number of aromatic nitrogens is 3. The van der Waals surface area contributed by atoms with E-state index in [2.05, 4.69) is 20.2 Å². The van der Waals surface area contributed by atoms with Gasteiger partial charge < -0.3 is 24.8 Å². The molecule has 1 saturated heterocycles. The number of halogens is 1. The first-order valence-corrected chi connectivity index (χ1v) is 12.7. The lowest BCUT2D eigenvalue weighted by molar-refractivity contribution is -0.112. The number of aliphatic hydroxyl groups excluding tert-OH is 1. The number of hydrogen-bond acceptors (Lipinski definition) is 7. The molecule has 0 saturated carbocycles. The molecule has 2 unspecified atom stereocenters. The molecule has 2 aliphatic rings. The second kappa shape index (κ2) is 9.63. The zero-order valence-corrected chi connectivity index (χ0v) is 21.5. The zero-order valence-electron chi connectivity index (χ0n) is 21.5. The number of aliphatic hydroxyl groups is 1. The number of anilines is 3. The maximum Gasteiger partial charge on any atom is 0.298 e. The van der Waals surface area contributed by atoms with Gasteiger partial charge in [0.25, 0.3) is 11.7 Å². The summed E-state index contributed by atoms with van der Waals surface area (Å²) in [5.74, 6) is -1.48. The van der Waals surface area contributed by atoms with Gasteiger partial charge >= 0.3 is 0 Å². The Bertz CT molecular complexity index is 1570. The van der Waals surface area contributed by atoms with Crippen LogP contribution in [-0.4, -0.2) is 57.0 Å². The van der Waals surface area contributed by atoms with E-state index in [1.807, 2.05) is 54.3 Å². The molecule has 198 valence electrons. The van der Waals surface area contributed by atoms with Crippen LogP contribution in [0.15, 0.2) is 67.0 Å². The number of Topliss-reactive ketones (excluding diaryl/α,β-unsaturated/α-hetero) is 1. The summed E-state index contributed by atoms with van der Waals surface area (Å²) in [5, 5.41) is 13.9. The minimum Gasteiger partial charge on any atom is -0.386 e. The minimum absolute atomic E-state index is 0.255. The molecule has 2 aliphatic heterocycles. The van der Waals surface area contributed by atoms with E-state index in [4.69, 9.17) is 0 Å². The van der Waals surface area contributed by atoms with Gasteiger partial charge in [0.2, 0.25) is 5.95 Å². The van der Waals surface area contributed by atoms with Crippen LogP contribution in [0.5, 0.6) is 0 Å². The highest BCUT2D eigenvalue weighted by Crippen LogP contribution is 2.42. The molecule has 0 spiro atoms. The number of amides is 1. The van der Waals surface area contributed by atoms with Crippen LogP contribution in [0.2, 0.25) is 0 Å². The summed E-state index contributed by atoms with van der Waals surface area (Å²) >= 11 is 0. The van der Waals surface area contributed by atoms with Gasteiger partial charge in [-0.25, -0.2) is 14.4 Å². The highest BCUT2D eigenvalue weighted by Gasteiger charge is 2.41. The molecular formula is C29H27FN6O3. The molecule has 6 rings (SSSR count). The lowest BCUT2D eigenvalue weighted by Crippen LogP contribution is -2.53. The third kappa shape index (κ3) is 4.32. The molecule has 39 heavy (non-hydrogen) atoms. The Balaban J connectivity index is 1.21. The standard InChI is InChI=1S/C29H27FN6O3/c1-17-12-21(18-6-4-3-5-7-18)25(34(17)2)27(38)28(39)33-20-8-9-23-22(13-20)26(37)24-16-35(10-11-36(23)24)29-31-14-19(30)15-32-29/h3-9,12-15,24,26,37H,10-11,16H2,1-2H3,(H,33,39). The summed E-state index contributed by atoms with van der Waals surface area (Å²) in [4.78, 5) is 38.6. The van der Waals surface area contributed by atoms with Crippen LogP contribution in [0.4, 0.5) is 21.7 Å². The summed E-state index contributed by atoms with van der Waals surface area (Å²) in [6, 6.07) is 16.4. The van der Waals surface area contributed by atoms with E-state index < -0.39 is 23.6 Å². The van der Waals surface area contributed by atoms with Crippen molar-refractivity contribution in [3.63, 3.8) is 0 Å². The lowest BCUT2D eigenvalue weighted by Gasteiger charge is -2.39. The largest absolute Gasteiger partial charge is 0.386 e. The topological polar surface area (TPSA) is 104 Å². The molecule has 2 aromatic heterocycles. The number of carbonyl (C=O) groups is 2. The van der Waals surface area contributed by atoms with Crippen LogP contribution >= 0.6 is 0 Å². The van der Waals surface area contributed by atoms with Crippen molar-refractivity contribution in [3.05, 3.63) is 89.8 Å². The smallest absolute Gasteiger partial charge is 0.298 e. The van der Waals surface area contributed by atoms with E-state index >= 15 is 0 Å². The van der Waals surface area contributed by atoms with Crippen LogP contribution in [0.1, 0.15) is 27.8 Å². The Morgan fingerprint density at radius 2 is 1.79 bits per heavy atom. The fraction of sp³-hybridized carbons (Fsp3) is 0.241. The Morgan fingerprint density at radius 1 is 1.05 bits per heavy atom. The first-order valence-electron chi connectivity index (χ1n) is 12.7. The average Bonchev–Trinajstić information content (AvgIpc) is 3.41. The van der Waals surface area contributed by atoms with Crippen molar-refractivity contribution in [3.8, 4) is 11.1 Å². The van der Waals surface area contributed by atoms with Gasteiger partial charge in [0.15, 0.2) is 5.82 Å². The summed E-state index contributed by atoms with van der Waals surface area (Å²) in [7, 11) is 1.77. The number of nitrogens with zero attached hydrogens (tertiary/aromatic N) is 5. The third-order valence-electron chi connectivity index (χ3n) is 7.56. The predicted octanol–water partition coefficient (Wildman–Crippen LogP) is 3.49. The molecular weight excluding hydrogens is 499 g/mol. The molecule has 2 aromatic carbocycles. The number of rotatable bonds is 5. The number of hydrogen-bond donors (Lipinski definition) is 2. The van der Waals surface area contributed by atoms with Gasteiger partial charge in [-0.1, -0.05) is 30.3 Å². The van der Waals surface area contributed by atoms with Gasteiger partial charge in [0.1, 0.15) is 11.8 Å². The molecule has 10 heteroatoms. The second-order valence-corrected chi connectivity index (χ2v) is 9.88. The number of ketones is 1. The van der Waals surface area contributed by atoms with Crippen molar-refractivity contribution in [2.75, 3.05) is 34.8 Å². The predicted molar refractivity (Wildman–Crippen MR) is 145 cm³/mol. The molecule has 1 fully saturated rings. The zero-order chi connectivity index (χ0) is 27.3. The van der Waals surface area contributed by atoms with Crippen LogP contribution < -0.4 is 15.1 Å². The molecule has 9 nitrogen and oxygen atoms in total. The van der Waals surface area contributed by atoms with E-state index in [0.29, 0.717) is 48.1 Å². The van der Waals surface area contributed by atoms with E-state index in [1.54, 1.807) is 23.7 Å². The van der Waals surface area contributed by atoms with Crippen molar-refractivity contribution in [2.45, 2.75) is 19.1 Å². The summed E-state index contributed by atoms with van der Waals surface area (Å²) in [5.41, 5.74) is 4.71. The molecule has 0 aliphatic carbocycles. The van der Waals surface area contributed by atoms with Crippen molar-refractivity contribution in [1.82, 2.24) is 14.5 Å². The minimum atomic E-state index is -0.823. The SMILES string of the molecule is Cc1cc(-c2ccccc2)c(C(=O)C(=O)Nc2ccc3c(c2)C(O)C2CN(c4ncc(F)cn4)CCN32)n1C. The normalized spacial score (nSPS) is 18.1. The molecule has 4 heterocycles. The van der Waals surface area contributed by atoms with E-state index in [-0.39, 0.29) is 6.04 Å². The second-order valence-electron chi connectivity index (χ2n) is 9.88. The van der Waals surface area contributed by atoms with Gasteiger partial charge in [0.05, 0.1) is 18.4 Å². The van der Waals surface area contributed by atoms with Crippen molar-refractivity contribution < 1.29 is 19.1 Å². The van der Waals surface area contributed by atoms with Gasteiger partial charge in [-0.3, -0.25) is 9.59 Å². The lowest BCUT2D eigenvalue weighted by atomic mass is 10.0. The van der Waals surface area contributed by atoms with Gasteiger partial charge in [-0.2, -0.15) is 0 Å².